The molecule has 0 atom stereocenters. The van der Waals surface area contributed by atoms with Crippen LogP contribution in [0.5, 0.6) is 0 Å². The quantitative estimate of drug-likeness (QED) is 0.701. The maximum absolute atomic E-state index is 6.15. The molecular weight excluding hydrogens is 170 g/mol. The van der Waals surface area contributed by atoms with Gasteiger partial charge in [-0.3, -0.25) is 0 Å². The van der Waals surface area contributed by atoms with Gasteiger partial charge >= 0.3 is 0 Å². The molecule has 1 aromatic carbocycles. The van der Waals surface area contributed by atoms with Crippen LogP contribution >= 0.6 is 11.6 Å². The highest BCUT2D eigenvalue weighted by Gasteiger charge is 2.15. The first kappa shape index (κ1) is 9.56. The number of benzene rings is 1. The zero-order valence-electron chi connectivity index (χ0n) is 7.47. The molecule has 0 heterocycles. The highest BCUT2D eigenvalue weighted by atomic mass is 35.5. The van der Waals surface area contributed by atoms with Gasteiger partial charge in [0.05, 0.1) is 4.87 Å². The zero-order chi connectivity index (χ0) is 9.19. The molecule has 0 saturated carbocycles. The van der Waals surface area contributed by atoms with E-state index < -0.39 is 0 Å². The largest absolute Gasteiger partial charge is 0.326 e. The normalized spacial score (nSPS) is 11.7. The van der Waals surface area contributed by atoms with E-state index in [1.807, 2.05) is 38.1 Å². The Morgan fingerprint density at radius 2 is 2.08 bits per heavy atom. The van der Waals surface area contributed by atoms with E-state index in [2.05, 4.69) is 0 Å². The lowest BCUT2D eigenvalue weighted by Crippen LogP contribution is -2.08. The lowest BCUT2D eigenvalue weighted by molar-refractivity contribution is 0.763. The van der Waals surface area contributed by atoms with E-state index in [0.717, 1.165) is 11.1 Å². The predicted molar refractivity (Wildman–Crippen MR) is 53.2 cm³/mol. The van der Waals surface area contributed by atoms with Crippen molar-refractivity contribution in [3.63, 3.8) is 0 Å². The van der Waals surface area contributed by atoms with Crippen LogP contribution < -0.4 is 5.73 Å². The van der Waals surface area contributed by atoms with Crippen molar-refractivity contribution < 1.29 is 0 Å². The Morgan fingerprint density at radius 3 is 2.58 bits per heavy atom. The maximum atomic E-state index is 6.15. The van der Waals surface area contributed by atoms with Crippen LogP contribution in [0.2, 0.25) is 0 Å². The summed E-state index contributed by atoms with van der Waals surface area (Å²) < 4.78 is 0. The van der Waals surface area contributed by atoms with Gasteiger partial charge < -0.3 is 5.73 Å². The number of rotatable bonds is 2. The van der Waals surface area contributed by atoms with E-state index in [-0.39, 0.29) is 4.87 Å². The van der Waals surface area contributed by atoms with Crippen LogP contribution in [0.15, 0.2) is 24.3 Å². The summed E-state index contributed by atoms with van der Waals surface area (Å²) in [7, 11) is 0. The number of hydrogen-bond donors (Lipinski definition) is 1. The third-order valence-corrected chi connectivity index (χ3v) is 2.07. The van der Waals surface area contributed by atoms with Crippen molar-refractivity contribution in [1.29, 1.82) is 0 Å². The molecule has 0 aliphatic carbocycles. The Hall–Kier alpha value is -0.530. The topological polar surface area (TPSA) is 26.0 Å². The van der Waals surface area contributed by atoms with Gasteiger partial charge in [-0.2, -0.15) is 0 Å². The Kier molecular flexibility index (Phi) is 2.76. The second-order valence-corrected chi connectivity index (χ2v) is 4.32. The molecule has 0 aliphatic rings. The molecule has 0 unspecified atom stereocenters. The molecule has 0 radical (unpaired) electrons. The molecule has 1 rings (SSSR count). The molecule has 0 aromatic heterocycles. The minimum atomic E-state index is -0.300. The molecule has 2 N–H and O–H groups in total. The third-order valence-electron chi connectivity index (χ3n) is 1.85. The Labute approximate surface area is 78.5 Å². The standard InChI is InChI=1S/C10H14ClN/c1-10(2,11)9-5-3-4-8(6-9)7-12/h3-6H,7,12H2,1-2H3. The number of alkyl halides is 1. The van der Waals surface area contributed by atoms with Gasteiger partial charge in [-0.25, -0.2) is 0 Å². The summed E-state index contributed by atoms with van der Waals surface area (Å²) >= 11 is 6.15. The second-order valence-electron chi connectivity index (χ2n) is 3.38. The first-order chi connectivity index (χ1) is 5.54. The fourth-order valence-corrected chi connectivity index (χ4v) is 1.19. The molecule has 0 fully saturated rings. The molecule has 66 valence electrons. The lowest BCUT2D eigenvalue weighted by Gasteiger charge is -2.16. The van der Waals surface area contributed by atoms with Crippen molar-refractivity contribution in [1.82, 2.24) is 0 Å². The van der Waals surface area contributed by atoms with Crippen LogP contribution in [-0.2, 0) is 11.4 Å². The zero-order valence-corrected chi connectivity index (χ0v) is 8.23. The minimum absolute atomic E-state index is 0.300. The summed E-state index contributed by atoms with van der Waals surface area (Å²) in [5.41, 5.74) is 7.76. The van der Waals surface area contributed by atoms with Crippen LogP contribution in [0, 0.1) is 0 Å². The smallest absolute Gasteiger partial charge is 0.0638 e. The highest BCUT2D eigenvalue weighted by molar-refractivity contribution is 6.23. The van der Waals surface area contributed by atoms with Gasteiger partial charge in [-0.15, -0.1) is 11.6 Å². The van der Waals surface area contributed by atoms with Gasteiger partial charge in [-0.1, -0.05) is 24.3 Å². The second kappa shape index (κ2) is 3.46. The molecule has 12 heavy (non-hydrogen) atoms. The van der Waals surface area contributed by atoms with E-state index in [0.29, 0.717) is 6.54 Å². The number of halogens is 1. The van der Waals surface area contributed by atoms with Gasteiger partial charge in [0, 0.05) is 6.54 Å². The Morgan fingerprint density at radius 1 is 1.42 bits per heavy atom. The molecule has 1 nitrogen and oxygen atoms in total. The summed E-state index contributed by atoms with van der Waals surface area (Å²) in [5.74, 6) is 0. The molecule has 0 amide bonds. The molecule has 0 aliphatic heterocycles. The van der Waals surface area contributed by atoms with E-state index in [4.69, 9.17) is 17.3 Å². The summed E-state index contributed by atoms with van der Waals surface area (Å²) in [6.45, 7) is 4.52. The van der Waals surface area contributed by atoms with Gasteiger partial charge in [0.25, 0.3) is 0 Å². The summed E-state index contributed by atoms with van der Waals surface area (Å²) in [4.78, 5) is -0.300. The van der Waals surface area contributed by atoms with Crippen molar-refractivity contribution in [2.75, 3.05) is 0 Å². The molecular formula is C10H14ClN. The third kappa shape index (κ3) is 2.23. The van der Waals surface area contributed by atoms with E-state index >= 15 is 0 Å². The molecule has 0 saturated heterocycles. The van der Waals surface area contributed by atoms with Gasteiger partial charge in [0.15, 0.2) is 0 Å². The fourth-order valence-electron chi connectivity index (χ4n) is 1.07. The summed E-state index contributed by atoms with van der Waals surface area (Å²) in [6.07, 6.45) is 0. The van der Waals surface area contributed by atoms with E-state index in [1.54, 1.807) is 0 Å². The minimum Gasteiger partial charge on any atom is -0.326 e. The Balaban J connectivity index is 3.02. The van der Waals surface area contributed by atoms with Crippen molar-refractivity contribution >= 4 is 11.6 Å². The fraction of sp³-hybridized carbons (Fsp3) is 0.400. The van der Waals surface area contributed by atoms with Crippen LogP contribution in [0.3, 0.4) is 0 Å². The summed E-state index contributed by atoms with van der Waals surface area (Å²) in [5, 5.41) is 0. The van der Waals surface area contributed by atoms with Crippen LogP contribution in [0.1, 0.15) is 25.0 Å². The number of hydrogen-bond acceptors (Lipinski definition) is 1. The van der Waals surface area contributed by atoms with E-state index in [1.165, 1.54) is 0 Å². The molecule has 1 aromatic rings. The Bertz CT molecular complexity index is 263. The van der Waals surface area contributed by atoms with Gasteiger partial charge in [-0.05, 0) is 25.0 Å². The monoisotopic (exact) mass is 183 g/mol. The van der Waals surface area contributed by atoms with E-state index in [9.17, 15) is 0 Å². The first-order valence-corrected chi connectivity index (χ1v) is 4.40. The lowest BCUT2D eigenvalue weighted by atomic mass is 10.0. The van der Waals surface area contributed by atoms with Gasteiger partial charge in [0.2, 0.25) is 0 Å². The number of nitrogens with two attached hydrogens (primary N) is 1. The predicted octanol–water partition coefficient (Wildman–Crippen LogP) is 2.62. The van der Waals surface area contributed by atoms with Gasteiger partial charge in [0.1, 0.15) is 0 Å². The van der Waals surface area contributed by atoms with Crippen molar-refractivity contribution in [2.45, 2.75) is 25.3 Å². The first-order valence-electron chi connectivity index (χ1n) is 4.02. The SMILES string of the molecule is CC(C)(Cl)c1cccc(CN)c1. The average Bonchev–Trinajstić information content (AvgIpc) is 2.03. The molecule has 0 spiro atoms. The summed E-state index contributed by atoms with van der Waals surface area (Å²) in [6, 6.07) is 8.06. The van der Waals surface area contributed by atoms with Crippen molar-refractivity contribution in [2.24, 2.45) is 5.73 Å². The molecule has 0 bridgehead atoms. The van der Waals surface area contributed by atoms with Crippen molar-refractivity contribution in [3.05, 3.63) is 35.4 Å². The average molecular weight is 184 g/mol. The van der Waals surface area contributed by atoms with Crippen molar-refractivity contribution in [3.8, 4) is 0 Å². The van der Waals surface area contributed by atoms with Crippen LogP contribution in [0.4, 0.5) is 0 Å². The maximum Gasteiger partial charge on any atom is 0.0638 e. The van der Waals surface area contributed by atoms with Crippen LogP contribution in [0.25, 0.3) is 0 Å². The highest BCUT2D eigenvalue weighted by Crippen LogP contribution is 2.27. The van der Waals surface area contributed by atoms with Crippen LogP contribution in [-0.4, -0.2) is 0 Å². The molecule has 2 heteroatoms.